The van der Waals surface area contributed by atoms with Crippen molar-refractivity contribution >= 4 is 33.3 Å². The van der Waals surface area contributed by atoms with E-state index in [4.69, 9.17) is 9.40 Å². The van der Waals surface area contributed by atoms with Gasteiger partial charge in [0.1, 0.15) is 10.7 Å². The number of aromatic nitrogens is 4. The molecule has 142 valence electrons. The van der Waals surface area contributed by atoms with E-state index >= 15 is 0 Å². The lowest BCUT2D eigenvalue weighted by molar-refractivity contribution is 0.465. The van der Waals surface area contributed by atoms with Crippen LogP contribution in [0.4, 0.5) is 0 Å². The molecule has 5 rings (SSSR count). The predicted octanol–water partition coefficient (Wildman–Crippen LogP) is 4.45. The average Bonchev–Trinajstić information content (AvgIpc) is 3.31. The standard InChI is InChI=1S/C20H18N4O2S2/c1-11-7-8-13-14(9-11)28-19-16(13)17(25)21-15(22-19)10-27-20-24-23-18(26-20)12-5-3-2-4-6-12/h2-6,11H,7-10H2,1H3,(H,21,22,25)/t11-/m1/s1. The number of rotatable bonds is 4. The Balaban J connectivity index is 1.38. The van der Waals surface area contributed by atoms with Gasteiger partial charge in [0.2, 0.25) is 5.89 Å². The molecule has 6 nitrogen and oxygen atoms in total. The van der Waals surface area contributed by atoms with Crippen LogP contribution in [-0.4, -0.2) is 20.2 Å². The Hall–Kier alpha value is -2.45. The van der Waals surface area contributed by atoms with Crippen LogP contribution in [0.5, 0.6) is 0 Å². The molecule has 0 spiro atoms. The molecule has 1 N–H and O–H groups in total. The Kier molecular flexibility index (Phi) is 4.52. The summed E-state index contributed by atoms with van der Waals surface area (Å²) in [6.45, 7) is 2.27. The lowest BCUT2D eigenvalue weighted by Gasteiger charge is -2.17. The smallest absolute Gasteiger partial charge is 0.277 e. The number of fused-ring (bicyclic) bond motifs is 3. The molecule has 0 unspecified atom stereocenters. The Morgan fingerprint density at radius 2 is 2.14 bits per heavy atom. The first-order chi connectivity index (χ1) is 13.7. The van der Waals surface area contributed by atoms with Crippen molar-refractivity contribution in [2.24, 2.45) is 5.92 Å². The molecule has 0 bridgehead atoms. The molecule has 0 saturated carbocycles. The first kappa shape index (κ1) is 17.6. The molecule has 1 aliphatic carbocycles. The zero-order chi connectivity index (χ0) is 19.1. The first-order valence-electron chi connectivity index (χ1n) is 9.22. The van der Waals surface area contributed by atoms with Crippen molar-refractivity contribution in [2.75, 3.05) is 0 Å². The summed E-state index contributed by atoms with van der Waals surface area (Å²) in [5.74, 6) is 2.26. The molecule has 1 aromatic carbocycles. The fourth-order valence-electron chi connectivity index (χ4n) is 3.56. The van der Waals surface area contributed by atoms with Crippen molar-refractivity contribution in [2.45, 2.75) is 37.2 Å². The van der Waals surface area contributed by atoms with Gasteiger partial charge in [-0.1, -0.05) is 36.9 Å². The van der Waals surface area contributed by atoms with Crippen LogP contribution in [0, 0.1) is 5.92 Å². The molecule has 28 heavy (non-hydrogen) atoms. The summed E-state index contributed by atoms with van der Waals surface area (Å²) in [5, 5.41) is 9.41. The van der Waals surface area contributed by atoms with Gasteiger partial charge >= 0.3 is 0 Å². The Morgan fingerprint density at radius 3 is 3.00 bits per heavy atom. The highest BCUT2D eigenvalue weighted by molar-refractivity contribution is 7.98. The molecule has 3 heterocycles. The number of aryl methyl sites for hydroxylation is 1. The van der Waals surface area contributed by atoms with E-state index in [2.05, 4.69) is 22.1 Å². The van der Waals surface area contributed by atoms with Crippen LogP contribution < -0.4 is 5.56 Å². The van der Waals surface area contributed by atoms with E-state index in [1.807, 2.05) is 30.3 Å². The monoisotopic (exact) mass is 410 g/mol. The minimum absolute atomic E-state index is 0.0387. The van der Waals surface area contributed by atoms with Crippen molar-refractivity contribution in [3.05, 3.63) is 57.0 Å². The van der Waals surface area contributed by atoms with Crippen molar-refractivity contribution in [1.82, 2.24) is 20.2 Å². The largest absolute Gasteiger partial charge is 0.411 e. The van der Waals surface area contributed by atoms with Gasteiger partial charge in [-0.2, -0.15) is 0 Å². The summed E-state index contributed by atoms with van der Waals surface area (Å²) < 4.78 is 5.71. The van der Waals surface area contributed by atoms with Gasteiger partial charge in [0.25, 0.3) is 10.8 Å². The Morgan fingerprint density at radius 1 is 1.29 bits per heavy atom. The average molecular weight is 411 g/mol. The van der Waals surface area contributed by atoms with Gasteiger partial charge in [0, 0.05) is 10.4 Å². The third-order valence-corrected chi connectivity index (χ3v) is 6.95. The van der Waals surface area contributed by atoms with Crippen LogP contribution in [0.25, 0.3) is 21.7 Å². The third kappa shape index (κ3) is 3.27. The second-order valence-corrected chi connectivity index (χ2v) is 9.08. The van der Waals surface area contributed by atoms with Gasteiger partial charge in [-0.3, -0.25) is 4.79 Å². The molecule has 4 aromatic rings. The Bertz CT molecular complexity index is 1200. The number of thiophene rings is 1. The molecule has 0 saturated heterocycles. The number of hydrogen-bond donors (Lipinski definition) is 1. The fraction of sp³-hybridized carbons (Fsp3) is 0.300. The van der Waals surface area contributed by atoms with E-state index in [1.165, 1.54) is 22.2 Å². The second-order valence-electron chi connectivity index (χ2n) is 7.07. The van der Waals surface area contributed by atoms with E-state index in [0.717, 1.165) is 35.0 Å². The molecular formula is C20H18N4O2S2. The molecular weight excluding hydrogens is 392 g/mol. The van der Waals surface area contributed by atoms with Crippen LogP contribution >= 0.6 is 23.1 Å². The molecule has 1 atom stereocenters. The van der Waals surface area contributed by atoms with Gasteiger partial charge in [-0.05, 0) is 42.9 Å². The van der Waals surface area contributed by atoms with Crippen LogP contribution in [-0.2, 0) is 18.6 Å². The SMILES string of the molecule is C[C@@H]1CCc2c(sc3nc(CSc4nnc(-c5ccccc5)o4)[nH]c(=O)c23)C1. The molecule has 8 heteroatoms. The maximum absolute atomic E-state index is 12.7. The van der Waals surface area contributed by atoms with Gasteiger partial charge in [0.05, 0.1) is 11.1 Å². The van der Waals surface area contributed by atoms with Crippen molar-refractivity contribution < 1.29 is 4.42 Å². The molecule has 1 aliphatic rings. The minimum atomic E-state index is -0.0387. The summed E-state index contributed by atoms with van der Waals surface area (Å²) in [5.41, 5.74) is 2.05. The predicted molar refractivity (Wildman–Crippen MR) is 111 cm³/mol. The zero-order valence-corrected chi connectivity index (χ0v) is 16.9. The van der Waals surface area contributed by atoms with Crippen molar-refractivity contribution in [1.29, 1.82) is 0 Å². The van der Waals surface area contributed by atoms with Gasteiger partial charge in [-0.25, -0.2) is 4.98 Å². The first-order valence-corrected chi connectivity index (χ1v) is 11.0. The summed E-state index contributed by atoms with van der Waals surface area (Å²) >= 11 is 3.04. The maximum Gasteiger partial charge on any atom is 0.277 e. The van der Waals surface area contributed by atoms with Crippen LogP contribution in [0.3, 0.4) is 0 Å². The quantitative estimate of drug-likeness (QED) is 0.500. The fourth-order valence-corrected chi connectivity index (χ4v) is 5.59. The zero-order valence-electron chi connectivity index (χ0n) is 15.3. The third-order valence-electron chi connectivity index (χ3n) is 4.97. The number of nitrogens with zero attached hydrogens (tertiary/aromatic N) is 3. The van der Waals surface area contributed by atoms with E-state index < -0.39 is 0 Å². The summed E-state index contributed by atoms with van der Waals surface area (Å²) in [4.78, 5) is 22.5. The minimum Gasteiger partial charge on any atom is -0.411 e. The number of aromatic amines is 1. The molecule has 0 radical (unpaired) electrons. The highest BCUT2D eigenvalue weighted by Crippen LogP contribution is 2.36. The molecule has 0 amide bonds. The normalized spacial score (nSPS) is 16.4. The number of hydrogen-bond acceptors (Lipinski definition) is 7. The van der Waals surface area contributed by atoms with E-state index in [9.17, 15) is 4.79 Å². The van der Waals surface area contributed by atoms with E-state index in [0.29, 0.717) is 28.6 Å². The van der Waals surface area contributed by atoms with Gasteiger partial charge < -0.3 is 9.40 Å². The highest BCUT2D eigenvalue weighted by Gasteiger charge is 2.23. The van der Waals surface area contributed by atoms with Crippen LogP contribution in [0.15, 0.2) is 44.8 Å². The van der Waals surface area contributed by atoms with E-state index in [-0.39, 0.29) is 5.56 Å². The van der Waals surface area contributed by atoms with Crippen LogP contribution in [0.1, 0.15) is 29.6 Å². The van der Waals surface area contributed by atoms with Gasteiger partial charge in [-0.15, -0.1) is 21.5 Å². The second kappa shape index (κ2) is 7.18. The number of H-pyrrole nitrogens is 1. The highest BCUT2D eigenvalue weighted by atomic mass is 32.2. The molecule has 0 aliphatic heterocycles. The maximum atomic E-state index is 12.7. The van der Waals surface area contributed by atoms with E-state index in [1.54, 1.807) is 11.3 Å². The molecule has 0 fully saturated rings. The summed E-state index contributed by atoms with van der Waals surface area (Å²) in [6, 6.07) is 9.65. The number of benzene rings is 1. The number of thioether (sulfide) groups is 1. The summed E-state index contributed by atoms with van der Waals surface area (Å²) in [6.07, 6.45) is 3.15. The lowest BCUT2D eigenvalue weighted by Crippen LogP contribution is -2.14. The lowest BCUT2D eigenvalue weighted by atomic mass is 9.89. The van der Waals surface area contributed by atoms with Crippen molar-refractivity contribution in [3.63, 3.8) is 0 Å². The number of nitrogens with one attached hydrogen (secondary N) is 1. The van der Waals surface area contributed by atoms with Gasteiger partial charge in [0.15, 0.2) is 0 Å². The van der Waals surface area contributed by atoms with Crippen molar-refractivity contribution in [3.8, 4) is 11.5 Å². The topological polar surface area (TPSA) is 84.7 Å². The van der Waals surface area contributed by atoms with Crippen LogP contribution in [0.2, 0.25) is 0 Å². The Labute approximate surface area is 169 Å². The summed E-state index contributed by atoms with van der Waals surface area (Å²) in [7, 11) is 0. The molecule has 3 aromatic heterocycles.